The topological polar surface area (TPSA) is 47.9 Å². The molecule has 0 unspecified atom stereocenters. The summed E-state index contributed by atoms with van der Waals surface area (Å²) in [4.78, 5) is 20.1. The highest BCUT2D eigenvalue weighted by molar-refractivity contribution is 5.73. The molecule has 0 aromatic carbocycles. The van der Waals surface area contributed by atoms with Gasteiger partial charge in [-0.25, -0.2) is 4.79 Å². The van der Waals surface area contributed by atoms with Crippen LogP contribution >= 0.6 is 0 Å². The molecule has 0 aliphatic carbocycles. The van der Waals surface area contributed by atoms with Crippen LogP contribution in [0.3, 0.4) is 0 Å². The van der Waals surface area contributed by atoms with Crippen molar-refractivity contribution >= 4 is 12.7 Å². The Morgan fingerprint density at radius 2 is 1.97 bits per heavy atom. The summed E-state index contributed by atoms with van der Waals surface area (Å²) in [6.07, 6.45) is 17.7. The van der Waals surface area contributed by atoms with Gasteiger partial charge in [-0.2, -0.15) is 0 Å². The number of aliphatic imine (C=N–C) groups is 1. The molecule has 0 radical (unpaired) electrons. The first kappa shape index (κ1) is 24.7. The molecule has 2 amide bonds. The Morgan fingerprint density at radius 3 is 2.52 bits per heavy atom. The highest BCUT2D eigenvalue weighted by atomic mass is 16.2. The average Bonchev–Trinajstić information content (AvgIpc) is 2.74. The van der Waals surface area contributed by atoms with E-state index in [1.54, 1.807) is 7.05 Å². The third-order valence-corrected chi connectivity index (χ3v) is 6.07. The highest BCUT2D eigenvalue weighted by Crippen LogP contribution is 2.39. The predicted octanol–water partition coefficient (Wildman–Crippen LogP) is 5.15. The molecule has 29 heavy (non-hydrogen) atoms. The van der Waals surface area contributed by atoms with Gasteiger partial charge in [0, 0.05) is 39.9 Å². The Bertz CT molecular complexity index is 637. The zero-order chi connectivity index (χ0) is 21.7. The van der Waals surface area contributed by atoms with Gasteiger partial charge in [-0.1, -0.05) is 43.7 Å². The van der Waals surface area contributed by atoms with Crippen molar-refractivity contribution in [1.29, 1.82) is 0 Å². The fraction of sp³-hybridized carbons (Fsp3) is 0.583. The van der Waals surface area contributed by atoms with Crippen LogP contribution in [0.5, 0.6) is 0 Å². The first-order valence-corrected chi connectivity index (χ1v) is 10.7. The van der Waals surface area contributed by atoms with Crippen molar-refractivity contribution in [3.8, 4) is 0 Å². The fourth-order valence-corrected chi connectivity index (χ4v) is 3.98. The standard InChI is InChI=1S/C24H40N4O/c1-7-9-10-11-13-21(3)22(20-25-4)27(6)17-12-14-24(8-2)15-18-28(19-16-24)23(29)26-5/h7,9-11,13,20H,4,8,12,14-19H2,1-3,5-6H3,(H,26,29)/b9-7-,11-10-,21-13+,22-20-. The van der Waals surface area contributed by atoms with E-state index in [1.807, 2.05) is 42.3 Å². The van der Waals surface area contributed by atoms with Crippen LogP contribution < -0.4 is 5.32 Å². The molecule has 0 aromatic heterocycles. The second-order valence-corrected chi connectivity index (χ2v) is 7.88. The number of urea groups is 1. The van der Waals surface area contributed by atoms with Crippen LogP contribution in [0.15, 0.2) is 52.8 Å². The van der Waals surface area contributed by atoms with Gasteiger partial charge in [-0.3, -0.25) is 4.99 Å². The molecule has 0 bridgehead atoms. The number of nitrogens with zero attached hydrogens (tertiary/aromatic N) is 3. The summed E-state index contributed by atoms with van der Waals surface area (Å²) in [7, 11) is 3.83. The first-order valence-electron chi connectivity index (χ1n) is 10.7. The van der Waals surface area contributed by atoms with Gasteiger partial charge in [0.1, 0.15) is 0 Å². The van der Waals surface area contributed by atoms with E-state index in [0.29, 0.717) is 5.41 Å². The van der Waals surface area contributed by atoms with E-state index in [2.05, 4.69) is 48.9 Å². The van der Waals surface area contributed by atoms with Crippen LogP contribution in [0.4, 0.5) is 4.79 Å². The van der Waals surface area contributed by atoms with Gasteiger partial charge >= 0.3 is 6.03 Å². The second-order valence-electron chi connectivity index (χ2n) is 7.88. The number of likely N-dealkylation sites (N-methyl/N-ethyl adjacent to an activating group) is 1. The van der Waals surface area contributed by atoms with E-state index < -0.39 is 0 Å². The minimum atomic E-state index is 0.0480. The second kappa shape index (κ2) is 13.0. The predicted molar refractivity (Wildman–Crippen MR) is 125 cm³/mol. The van der Waals surface area contributed by atoms with Crippen LogP contribution in [-0.4, -0.2) is 56.3 Å². The minimum absolute atomic E-state index is 0.0480. The smallest absolute Gasteiger partial charge is 0.317 e. The quantitative estimate of drug-likeness (QED) is 0.407. The summed E-state index contributed by atoms with van der Waals surface area (Å²) < 4.78 is 0. The number of hydrogen-bond acceptors (Lipinski definition) is 3. The van der Waals surface area contributed by atoms with Gasteiger partial charge in [0.25, 0.3) is 0 Å². The number of carbonyl (C=O) groups is 1. The average molecular weight is 401 g/mol. The molecule has 0 spiro atoms. The molecule has 5 nitrogen and oxygen atoms in total. The first-order chi connectivity index (χ1) is 13.9. The van der Waals surface area contributed by atoms with E-state index in [1.165, 1.54) is 18.4 Å². The van der Waals surface area contributed by atoms with Crippen molar-refractivity contribution in [2.45, 2.75) is 52.9 Å². The molecule has 5 heteroatoms. The Hall–Kier alpha value is -2.30. The molecule has 0 aromatic rings. The minimum Gasteiger partial charge on any atom is -0.373 e. The molecule has 1 aliphatic rings. The summed E-state index contributed by atoms with van der Waals surface area (Å²) >= 11 is 0. The van der Waals surface area contributed by atoms with Gasteiger partial charge < -0.3 is 15.1 Å². The maximum Gasteiger partial charge on any atom is 0.317 e. The normalized spacial score (nSPS) is 17.8. The van der Waals surface area contributed by atoms with Gasteiger partial charge in [-0.15, -0.1) is 0 Å². The molecular weight excluding hydrogens is 360 g/mol. The molecule has 0 atom stereocenters. The van der Waals surface area contributed by atoms with Gasteiger partial charge in [0.05, 0.1) is 5.70 Å². The number of amides is 2. The third-order valence-electron chi connectivity index (χ3n) is 6.07. The van der Waals surface area contributed by atoms with Crippen LogP contribution in [0, 0.1) is 5.41 Å². The summed E-state index contributed by atoms with van der Waals surface area (Å²) in [5.74, 6) is 0. The lowest BCUT2D eigenvalue weighted by Crippen LogP contribution is -2.46. The zero-order valence-corrected chi connectivity index (χ0v) is 19.1. The van der Waals surface area contributed by atoms with Gasteiger partial charge in [-0.05, 0) is 57.2 Å². The summed E-state index contributed by atoms with van der Waals surface area (Å²) in [5.41, 5.74) is 2.63. The molecule has 1 fully saturated rings. The Labute approximate surface area is 177 Å². The van der Waals surface area contributed by atoms with Crippen LogP contribution in [-0.2, 0) is 0 Å². The highest BCUT2D eigenvalue weighted by Gasteiger charge is 2.33. The van der Waals surface area contributed by atoms with Crippen molar-refractivity contribution in [2.75, 3.05) is 33.7 Å². The van der Waals surface area contributed by atoms with Gasteiger partial charge in [0.15, 0.2) is 0 Å². The molecule has 1 aliphatic heterocycles. The number of hydrogen-bond donors (Lipinski definition) is 1. The van der Waals surface area contributed by atoms with Crippen molar-refractivity contribution < 1.29 is 4.79 Å². The fourth-order valence-electron chi connectivity index (χ4n) is 3.98. The Morgan fingerprint density at radius 1 is 1.28 bits per heavy atom. The molecule has 1 heterocycles. The Balaban J connectivity index is 2.64. The van der Waals surface area contributed by atoms with E-state index in [-0.39, 0.29) is 6.03 Å². The number of rotatable bonds is 10. The number of carbonyl (C=O) groups excluding carboxylic acids is 1. The summed E-state index contributed by atoms with van der Waals surface area (Å²) in [6.45, 7) is 12.7. The van der Waals surface area contributed by atoms with Crippen LogP contribution in [0.1, 0.15) is 52.9 Å². The number of likely N-dealkylation sites (tertiary alicyclic amines) is 1. The lowest BCUT2D eigenvalue weighted by molar-refractivity contribution is 0.101. The number of piperidine rings is 1. The number of allylic oxidation sites excluding steroid dienone is 6. The van der Waals surface area contributed by atoms with Crippen LogP contribution in [0.2, 0.25) is 0 Å². The van der Waals surface area contributed by atoms with Crippen LogP contribution in [0.25, 0.3) is 0 Å². The van der Waals surface area contributed by atoms with Crippen molar-refractivity contribution in [1.82, 2.24) is 15.1 Å². The third kappa shape index (κ3) is 7.92. The molecule has 162 valence electrons. The van der Waals surface area contributed by atoms with Crippen molar-refractivity contribution in [3.63, 3.8) is 0 Å². The van der Waals surface area contributed by atoms with E-state index in [9.17, 15) is 4.79 Å². The summed E-state index contributed by atoms with van der Waals surface area (Å²) in [5, 5.41) is 2.74. The lowest BCUT2D eigenvalue weighted by Gasteiger charge is -2.41. The Kier molecular flexibility index (Phi) is 11.1. The largest absolute Gasteiger partial charge is 0.373 e. The molecular formula is C24H40N4O. The van der Waals surface area contributed by atoms with E-state index in [4.69, 9.17) is 0 Å². The van der Waals surface area contributed by atoms with Crippen molar-refractivity contribution in [2.24, 2.45) is 10.4 Å². The maximum atomic E-state index is 11.9. The molecule has 0 saturated carbocycles. The van der Waals surface area contributed by atoms with Gasteiger partial charge in [0.2, 0.25) is 0 Å². The van der Waals surface area contributed by atoms with Crippen molar-refractivity contribution in [3.05, 3.63) is 47.9 Å². The van der Waals surface area contributed by atoms with E-state index in [0.717, 1.165) is 44.6 Å². The molecule has 1 saturated heterocycles. The summed E-state index contributed by atoms with van der Waals surface area (Å²) in [6, 6.07) is 0.0480. The monoisotopic (exact) mass is 400 g/mol. The number of nitrogens with one attached hydrogen (secondary N) is 1. The zero-order valence-electron chi connectivity index (χ0n) is 19.1. The molecule has 1 N–H and O–H groups in total. The van der Waals surface area contributed by atoms with E-state index >= 15 is 0 Å². The maximum absolute atomic E-state index is 11.9. The molecule has 1 rings (SSSR count). The lowest BCUT2D eigenvalue weighted by atomic mass is 9.73. The SMILES string of the molecule is C=N/C=C(/C(C)=C/C=C\C=C/C)N(C)CCCC1(CC)CCN(C(=O)NC)CC1.